The number of aryl methyl sites for hydroxylation is 1. The average Bonchev–Trinajstić information content (AvgIpc) is 3.02. The van der Waals surface area contributed by atoms with Gasteiger partial charge in [-0.05, 0) is 31.2 Å². The van der Waals surface area contributed by atoms with Crippen molar-refractivity contribution in [2.45, 2.75) is 13.3 Å². The largest absolute Gasteiger partial charge is 0.497 e. The minimum atomic E-state index is -0.179. The van der Waals surface area contributed by atoms with Crippen LogP contribution in [-0.4, -0.2) is 25.1 Å². The molecule has 0 radical (unpaired) electrons. The lowest BCUT2D eigenvalue weighted by Crippen LogP contribution is -2.15. The lowest BCUT2D eigenvalue weighted by molar-refractivity contribution is -0.115. The molecule has 1 amide bonds. The molecule has 3 rings (SSSR count). The molecule has 134 valence electrons. The van der Waals surface area contributed by atoms with Gasteiger partial charge in [0.05, 0.1) is 31.9 Å². The Kier molecular flexibility index (Phi) is 5.22. The first-order chi connectivity index (χ1) is 12.6. The van der Waals surface area contributed by atoms with Crippen LogP contribution in [0, 0.1) is 6.92 Å². The second-order valence-electron chi connectivity index (χ2n) is 5.68. The molecule has 0 saturated carbocycles. The molecule has 0 bridgehead atoms. The first kappa shape index (κ1) is 17.5. The fourth-order valence-corrected chi connectivity index (χ4v) is 2.59. The van der Waals surface area contributed by atoms with Gasteiger partial charge in [-0.1, -0.05) is 18.2 Å². The van der Waals surface area contributed by atoms with Crippen LogP contribution in [0.2, 0.25) is 0 Å². The number of nitrogens with zero attached hydrogens (tertiary/aromatic N) is 1. The van der Waals surface area contributed by atoms with Crippen LogP contribution in [-0.2, 0) is 11.2 Å². The minimum absolute atomic E-state index is 0.113. The first-order valence-electron chi connectivity index (χ1n) is 8.14. The molecule has 0 atom stereocenters. The molecule has 1 aromatic heterocycles. The monoisotopic (exact) mass is 352 g/mol. The van der Waals surface area contributed by atoms with Gasteiger partial charge in [0.15, 0.2) is 0 Å². The van der Waals surface area contributed by atoms with Crippen LogP contribution >= 0.6 is 0 Å². The molecule has 0 aliphatic carbocycles. The number of aromatic nitrogens is 1. The maximum absolute atomic E-state index is 12.3. The van der Waals surface area contributed by atoms with Crippen LogP contribution < -0.4 is 14.8 Å². The highest BCUT2D eigenvalue weighted by atomic mass is 16.5. The summed E-state index contributed by atoms with van der Waals surface area (Å²) in [5.74, 6) is 2.21. The Morgan fingerprint density at radius 2 is 1.92 bits per heavy atom. The van der Waals surface area contributed by atoms with E-state index in [1.807, 2.05) is 36.4 Å². The average molecular weight is 352 g/mol. The van der Waals surface area contributed by atoms with Crippen molar-refractivity contribution in [2.75, 3.05) is 19.5 Å². The standard InChI is InChI=1S/C20H20N2O4/c1-13-17(12-19(23)21-14-7-6-8-15(11-14)24-2)22-20(26-13)16-9-4-5-10-18(16)25-3/h4-11H,12H2,1-3H3,(H,21,23). The van der Waals surface area contributed by atoms with Gasteiger partial charge in [-0.2, -0.15) is 0 Å². The maximum atomic E-state index is 12.3. The van der Waals surface area contributed by atoms with Gasteiger partial charge >= 0.3 is 0 Å². The summed E-state index contributed by atoms with van der Waals surface area (Å²) in [5, 5.41) is 2.84. The van der Waals surface area contributed by atoms with Crippen LogP contribution in [0.25, 0.3) is 11.5 Å². The number of oxazole rings is 1. The fourth-order valence-electron chi connectivity index (χ4n) is 2.59. The summed E-state index contributed by atoms with van der Waals surface area (Å²) in [5.41, 5.74) is 2.00. The summed E-state index contributed by atoms with van der Waals surface area (Å²) >= 11 is 0. The number of amides is 1. The molecule has 1 heterocycles. The minimum Gasteiger partial charge on any atom is -0.497 e. The number of carbonyl (C=O) groups is 1. The second-order valence-corrected chi connectivity index (χ2v) is 5.68. The Balaban J connectivity index is 1.76. The highest BCUT2D eigenvalue weighted by molar-refractivity contribution is 5.92. The highest BCUT2D eigenvalue weighted by Crippen LogP contribution is 2.30. The van der Waals surface area contributed by atoms with Crippen molar-refractivity contribution in [1.82, 2.24) is 4.98 Å². The number of nitrogens with one attached hydrogen (secondary N) is 1. The molecule has 1 N–H and O–H groups in total. The number of benzene rings is 2. The molecule has 0 aliphatic rings. The molecule has 0 spiro atoms. The number of carbonyl (C=O) groups excluding carboxylic acids is 1. The van der Waals surface area contributed by atoms with Crippen LogP contribution in [0.1, 0.15) is 11.5 Å². The van der Waals surface area contributed by atoms with Gasteiger partial charge in [0.1, 0.15) is 17.3 Å². The Bertz CT molecular complexity index is 918. The summed E-state index contributed by atoms with van der Waals surface area (Å²) in [6, 6.07) is 14.7. The molecular weight excluding hydrogens is 332 g/mol. The van der Waals surface area contributed by atoms with E-state index in [0.717, 1.165) is 5.56 Å². The molecular formula is C20H20N2O4. The van der Waals surface area contributed by atoms with Crippen molar-refractivity contribution in [2.24, 2.45) is 0 Å². The Morgan fingerprint density at radius 3 is 2.69 bits per heavy atom. The van der Waals surface area contributed by atoms with Crippen LogP contribution in [0.3, 0.4) is 0 Å². The van der Waals surface area contributed by atoms with E-state index in [-0.39, 0.29) is 12.3 Å². The Morgan fingerprint density at radius 1 is 1.12 bits per heavy atom. The second kappa shape index (κ2) is 7.74. The quantitative estimate of drug-likeness (QED) is 0.729. The third kappa shape index (κ3) is 3.85. The van der Waals surface area contributed by atoms with Gasteiger partial charge in [-0.3, -0.25) is 4.79 Å². The smallest absolute Gasteiger partial charge is 0.230 e. The van der Waals surface area contributed by atoms with E-state index in [9.17, 15) is 4.79 Å². The van der Waals surface area contributed by atoms with Gasteiger partial charge < -0.3 is 19.2 Å². The number of methoxy groups -OCH3 is 2. The number of para-hydroxylation sites is 1. The van der Waals surface area contributed by atoms with E-state index >= 15 is 0 Å². The number of hydrogen-bond acceptors (Lipinski definition) is 5. The topological polar surface area (TPSA) is 73.6 Å². The van der Waals surface area contributed by atoms with Gasteiger partial charge in [-0.15, -0.1) is 0 Å². The van der Waals surface area contributed by atoms with Crippen molar-refractivity contribution >= 4 is 11.6 Å². The van der Waals surface area contributed by atoms with Crippen LogP contribution in [0.15, 0.2) is 52.9 Å². The number of ether oxygens (including phenoxy) is 2. The lowest BCUT2D eigenvalue weighted by Gasteiger charge is -2.06. The van der Waals surface area contributed by atoms with E-state index in [0.29, 0.717) is 34.5 Å². The predicted octanol–water partition coefficient (Wildman–Crippen LogP) is 3.85. The molecule has 0 saturated heterocycles. The molecule has 2 aromatic carbocycles. The number of anilines is 1. The van der Waals surface area contributed by atoms with E-state index in [1.54, 1.807) is 33.3 Å². The summed E-state index contributed by atoms with van der Waals surface area (Å²) in [6.45, 7) is 1.79. The van der Waals surface area contributed by atoms with Crippen LogP contribution in [0.5, 0.6) is 11.5 Å². The van der Waals surface area contributed by atoms with Gasteiger partial charge in [0.25, 0.3) is 0 Å². The molecule has 3 aromatic rings. The fraction of sp³-hybridized carbons (Fsp3) is 0.200. The van der Waals surface area contributed by atoms with Crippen LogP contribution in [0.4, 0.5) is 5.69 Å². The third-order valence-corrected chi connectivity index (χ3v) is 3.91. The zero-order chi connectivity index (χ0) is 18.5. The van der Waals surface area contributed by atoms with E-state index in [4.69, 9.17) is 13.9 Å². The van der Waals surface area contributed by atoms with Crippen molar-refractivity contribution < 1.29 is 18.7 Å². The Hall–Kier alpha value is -3.28. The van der Waals surface area contributed by atoms with Gasteiger partial charge in [-0.25, -0.2) is 4.98 Å². The Labute approximate surface area is 151 Å². The van der Waals surface area contributed by atoms with Gasteiger partial charge in [0.2, 0.25) is 11.8 Å². The summed E-state index contributed by atoms with van der Waals surface area (Å²) in [6.07, 6.45) is 0.113. The summed E-state index contributed by atoms with van der Waals surface area (Å²) < 4.78 is 16.2. The lowest BCUT2D eigenvalue weighted by atomic mass is 10.2. The molecule has 6 heteroatoms. The molecule has 26 heavy (non-hydrogen) atoms. The van der Waals surface area contributed by atoms with Crippen molar-refractivity contribution in [3.63, 3.8) is 0 Å². The number of rotatable bonds is 6. The molecule has 0 unspecified atom stereocenters. The predicted molar refractivity (Wildman–Crippen MR) is 98.6 cm³/mol. The zero-order valence-corrected chi connectivity index (χ0v) is 14.9. The molecule has 0 fully saturated rings. The molecule has 0 aliphatic heterocycles. The normalized spacial score (nSPS) is 10.4. The van der Waals surface area contributed by atoms with Crippen molar-refractivity contribution in [3.8, 4) is 23.0 Å². The molecule has 6 nitrogen and oxygen atoms in total. The van der Waals surface area contributed by atoms with E-state index in [2.05, 4.69) is 10.3 Å². The first-order valence-corrected chi connectivity index (χ1v) is 8.14. The number of hydrogen-bond donors (Lipinski definition) is 1. The maximum Gasteiger partial charge on any atom is 0.230 e. The highest BCUT2D eigenvalue weighted by Gasteiger charge is 2.17. The van der Waals surface area contributed by atoms with Gasteiger partial charge in [0, 0.05) is 11.8 Å². The third-order valence-electron chi connectivity index (χ3n) is 3.91. The van der Waals surface area contributed by atoms with Crippen molar-refractivity contribution in [3.05, 3.63) is 60.0 Å². The van der Waals surface area contributed by atoms with E-state index < -0.39 is 0 Å². The zero-order valence-electron chi connectivity index (χ0n) is 14.9. The summed E-state index contributed by atoms with van der Waals surface area (Å²) in [4.78, 5) is 16.8. The van der Waals surface area contributed by atoms with E-state index in [1.165, 1.54) is 0 Å². The summed E-state index contributed by atoms with van der Waals surface area (Å²) in [7, 11) is 3.18. The van der Waals surface area contributed by atoms with Crippen molar-refractivity contribution in [1.29, 1.82) is 0 Å². The SMILES string of the molecule is COc1cccc(NC(=O)Cc2nc(-c3ccccc3OC)oc2C)c1.